The SMILES string of the molecule is COc1cc(/C=C/C(=O)c2ccccc2O)cc(OC)c1OC. The van der Waals surface area contributed by atoms with E-state index in [1.807, 2.05) is 0 Å². The number of aromatic hydroxyl groups is 1. The third-order valence-electron chi connectivity index (χ3n) is 3.28. The Morgan fingerprint density at radius 1 is 1.00 bits per heavy atom. The van der Waals surface area contributed by atoms with Crippen LogP contribution >= 0.6 is 0 Å². The van der Waals surface area contributed by atoms with Crippen molar-refractivity contribution in [1.29, 1.82) is 0 Å². The minimum absolute atomic E-state index is 0.0490. The Morgan fingerprint density at radius 3 is 2.13 bits per heavy atom. The quantitative estimate of drug-likeness (QED) is 0.654. The predicted octanol–water partition coefficient (Wildman–Crippen LogP) is 3.31. The average molecular weight is 314 g/mol. The molecule has 0 heterocycles. The molecule has 0 aliphatic carbocycles. The highest BCUT2D eigenvalue weighted by Gasteiger charge is 2.12. The topological polar surface area (TPSA) is 65.0 Å². The van der Waals surface area contributed by atoms with Crippen molar-refractivity contribution in [3.05, 3.63) is 53.6 Å². The Morgan fingerprint density at radius 2 is 1.61 bits per heavy atom. The number of phenolic OH excluding ortho intramolecular Hbond substituents is 1. The van der Waals surface area contributed by atoms with Gasteiger partial charge < -0.3 is 19.3 Å². The highest BCUT2D eigenvalue weighted by molar-refractivity contribution is 6.08. The van der Waals surface area contributed by atoms with Gasteiger partial charge in [-0.1, -0.05) is 18.2 Å². The molecule has 0 saturated carbocycles. The zero-order valence-electron chi connectivity index (χ0n) is 13.2. The molecular formula is C18H18O5. The number of carbonyl (C=O) groups excluding carboxylic acids is 1. The maximum atomic E-state index is 12.1. The molecule has 0 bridgehead atoms. The van der Waals surface area contributed by atoms with Gasteiger partial charge in [0.25, 0.3) is 0 Å². The number of ether oxygens (including phenoxy) is 3. The summed E-state index contributed by atoms with van der Waals surface area (Å²) in [5.74, 6) is 1.14. The molecule has 23 heavy (non-hydrogen) atoms. The first-order valence-electron chi connectivity index (χ1n) is 6.91. The lowest BCUT2D eigenvalue weighted by Gasteiger charge is -2.12. The largest absolute Gasteiger partial charge is 0.507 e. The van der Waals surface area contributed by atoms with Gasteiger partial charge >= 0.3 is 0 Å². The van der Waals surface area contributed by atoms with Crippen molar-refractivity contribution in [2.24, 2.45) is 0 Å². The van der Waals surface area contributed by atoms with E-state index in [1.54, 1.807) is 36.4 Å². The summed E-state index contributed by atoms with van der Waals surface area (Å²) >= 11 is 0. The fourth-order valence-corrected chi connectivity index (χ4v) is 2.14. The maximum absolute atomic E-state index is 12.1. The molecule has 0 spiro atoms. The van der Waals surface area contributed by atoms with Gasteiger partial charge in [0, 0.05) is 0 Å². The van der Waals surface area contributed by atoms with Crippen molar-refractivity contribution in [1.82, 2.24) is 0 Å². The van der Waals surface area contributed by atoms with Crippen molar-refractivity contribution in [2.45, 2.75) is 0 Å². The molecule has 2 aromatic rings. The fraction of sp³-hybridized carbons (Fsp3) is 0.167. The van der Waals surface area contributed by atoms with Crippen LogP contribution in [0.3, 0.4) is 0 Å². The lowest BCUT2D eigenvalue weighted by atomic mass is 10.1. The summed E-state index contributed by atoms with van der Waals surface area (Å²) in [6.07, 6.45) is 3.01. The molecule has 0 saturated heterocycles. The van der Waals surface area contributed by atoms with E-state index in [1.165, 1.54) is 33.5 Å². The highest BCUT2D eigenvalue weighted by atomic mass is 16.5. The Labute approximate surface area is 134 Å². The first-order chi connectivity index (χ1) is 11.1. The van der Waals surface area contributed by atoms with Crippen molar-refractivity contribution >= 4 is 11.9 Å². The molecule has 0 aliphatic rings. The van der Waals surface area contributed by atoms with Gasteiger partial charge in [0.05, 0.1) is 26.9 Å². The van der Waals surface area contributed by atoms with Crippen molar-refractivity contribution < 1.29 is 24.1 Å². The summed E-state index contributed by atoms with van der Waals surface area (Å²) in [5.41, 5.74) is 0.958. The molecule has 0 amide bonds. The molecule has 0 unspecified atom stereocenters. The number of phenols is 1. The van der Waals surface area contributed by atoms with E-state index in [2.05, 4.69) is 0 Å². The van der Waals surface area contributed by atoms with Gasteiger partial charge in [-0.3, -0.25) is 4.79 Å². The molecule has 5 nitrogen and oxygen atoms in total. The lowest BCUT2D eigenvalue weighted by molar-refractivity contribution is 0.104. The zero-order valence-corrected chi connectivity index (χ0v) is 13.2. The number of rotatable bonds is 6. The molecule has 1 N–H and O–H groups in total. The summed E-state index contributed by atoms with van der Waals surface area (Å²) in [6.45, 7) is 0. The van der Waals surface area contributed by atoms with Gasteiger partial charge in [0.1, 0.15) is 5.75 Å². The number of allylic oxidation sites excluding steroid dienone is 1. The van der Waals surface area contributed by atoms with Crippen LogP contribution in [0.5, 0.6) is 23.0 Å². The molecule has 0 fully saturated rings. The molecular weight excluding hydrogens is 296 g/mol. The monoisotopic (exact) mass is 314 g/mol. The predicted molar refractivity (Wildman–Crippen MR) is 87.6 cm³/mol. The fourth-order valence-electron chi connectivity index (χ4n) is 2.14. The molecule has 2 aromatic carbocycles. The lowest BCUT2D eigenvalue weighted by Crippen LogP contribution is -1.96. The van der Waals surface area contributed by atoms with Crippen LogP contribution in [0.25, 0.3) is 6.08 Å². The van der Waals surface area contributed by atoms with Crippen molar-refractivity contribution in [2.75, 3.05) is 21.3 Å². The van der Waals surface area contributed by atoms with E-state index < -0.39 is 0 Å². The number of benzene rings is 2. The van der Waals surface area contributed by atoms with Gasteiger partial charge in [-0.25, -0.2) is 0 Å². The van der Waals surface area contributed by atoms with Crippen LogP contribution in [0, 0.1) is 0 Å². The number of hydrogen-bond donors (Lipinski definition) is 1. The Hall–Kier alpha value is -2.95. The summed E-state index contributed by atoms with van der Waals surface area (Å²) in [5, 5.41) is 9.70. The number of para-hydroxylation sites is 1. The summed E-state index contributed by atoms with van der Waals surface area (Å²) in [6, 6.07) is 9.86. The second-order valence-electron chi connectivity index (χ2n) is 4.67. The first-order valence-corrected chi connectivity index (χ1v) is 6.91. The Kier molecular flexibility index (Phi) is 5.25. The van der Waals surface area contributed by atoms with Crippen LogP contribution in [0.1, 0.15) is 15.9 Å². The van der Waals surface area contributed by atoms with Gasteiger partial charge in [-0.2, -0.15) is 0 Å². The number of methoxy groups -OCH3 is 3. The highest BCUT2D eigenvalue weighted by Crippen LogP contribution is 2.38. The Balaban J connectivity index is 2.32. The van der Waals surface area contributed by atoms with Crippen LogP contribution in [-0.4, -0.2) is 32.2 Å². The summed E-state index contributed by atoms with van der Waals surface area (Å²) in [7, 11) is 4.58. The maximum Gasteiger partial charge on any atom is 0.203 e. The number of carbonyl (C=O) groups is 1. The Bertz CT molecular complexity index is 709. The van der Waals surface area contributed by atoms with E-state index in [9.17, 15) is 9.90 Å². The molecule has 0 atom stereocenters. The molecule has 5 heteroatoms. The van der Waals surface area contributed by atoms with E-state index in [0.717, 1.165) is 0 Å². The van der Waals surface area contributed by atoms with Gasteiger partial charge in [0.2, 0.25) is 5.75 Å². The smallest absolute Gasteiger partial charge is 0.203 e. The summed E-state index contributed by atoms with van der Waals surface area (Å²) in [4.78, 5) is 12.1. The second-order valence-corrected chi connectivity index (χ2v) is 4.67. The first kappa shape index (κ1) is 16.4. The number of ketones is 1. The van der Waals surface area contributed by atoms with Crippen molar-refractivity contribution in [3.63, 3.8) is 0 Å². The minimum atomic E-state index is -0.295. The van der Waals surface area contributed by atoms with Gasteiger partial charge in [0.15, 0.2) is 17.3 Å². The van der Waals surface area contributed by atoms with Gasteiger partial charge in [-0.05, 0) is 35.9 Å². The van der Waals surface area contributed by atoms with Gasteiger partial charge in [-0.15, -0.1) is 0 Å². The normalized spacial score (nSPS) is 10.6. The molecule has 0 radical (unpaired) electrons. The average Bonchev–Trinajstić information content (AvgIpc) is 2.58. The second kappa shape index (κ2) is 7.35. The number of hydrogen-bond acceptors (Lipinski definition) is 5. The molecule has 0 aromatic heterocycles. The standard InChI is InChI=1S/C18H18O5/c1-21-16-10-12(11-17(22-2)18(16)23-3)8-9-15(20)13-6-4-5-7-14(13)19/h4-11,19H,1-3H3/b9-8+. The van der Waals surface area contributed by atoms with Crippen LogP contribution in [0.2, 0.25) is 0 Å². The van der Waals surface area contributed by atoms with Crippen LogP contribution in [0.4, 0.5) is 0 Å². The van der Waals surface area contributed by atoms with E-state index >= 15 is 0 Å². The van der Waals surface area contributed by atoms with Crippen LogP contribution in [-0.2, 0) is 0 Å². The minimum Gasteiger partial charge on any atom is -0.507 e. The summed E-state index contributed by atoms with van der Waals surface area (Å²) < 4.78 is 15.8. The van der Waals surface area contributed by atoms with Crippen LogP contribution < -0.4 is 14.2 Å². The molecule has 120 valence electrons. The van der Waals surface area contributed by atoms with Crippen molar-refractivity contribution in [3.8, 4) is 23.0 Å². The van der Waals surface area contributed by atoms with Crippen LogP contribution in [0.15, 0.2) is 42.5 Å². The zero-order chi connectivity index (χ0) is 16.8. The van der Waals surface area contributed by atoms with E-state index in [-0.39, 0.29) is 17.1 Å². The molecule has 0 aliphatic heterocycles. The van der Waals surface area contributed by atoms with E-state index in [0.29, 0.717) is 22.8 Å². The third-order valence-corrected chi connectivity index (χ3v) is 3.28. The molecule has 2 rings (SSSR count). The van der Waals surface area contributed by atoms with E-state index in [4.69, 9.17) is 14.2 Å². The third kappa shape index (κ3) is 3.63.